The van der Waals surface area contributed by atoms with Crippen molar-refractivity contribution in [2.45, 2.75) is 6.54 Å². The largest absolute Gasteiger partial charge is 0.439 e. The summed E-state index contributed by atoms with van der Waals surface area (Å²) in [7, 11) is 0. The maximum atomic E-state index is 12.9. The first-order chi connectivity index (χ1) is 7.78. The minimum atomic E-state index is -0.340. The number of halogens is 1. The fourth-order valence-electron chi connectivity index (χ4n) is 1.28. The number of aromatic nitrogens is 1. The van der Waals surface area contributed by atoms with Crippen LogP contribution in [0.3, 0.4) is 0 Å². The molecule has 0 bridgehead atoms. The summed E-state index contributed by atoms with van der Waals surface area (Å²) < 4.78 is 18.3. The Morgan fingerprint density at radius 2 is 2.00 bits per heavy atom. The second kappa shape index (κ2) is 4.72. The van der Waals surface area contributed by atoms with Gasteiger partial charge in [-0.25, -0.2) is 9.37 Å². The zero-order chi connectivity index (χ0) is 11.4. The summed E-state index contributed by atoms with van der Waals surface area (Å²) in [5, 5.41) is 0. The van der Waals surface area contributed by atoms with Crippen LogP contribution in [0, 0.1) is 5.82 Å². The Balaban J connectivity index is 2.20. The number of benzene rings is 1. The van der Waals surface area contributed by atoms with E-state index < -0.39 is 0 Å². The van der Waals surface area contributed by atoms with Gasteiger partial charge in [0.25, 0.3) is 0 Å². The van der Waals surface area contributed by atoms with E-state index in [1.807, 2.05) is 0 Å². The fraction of sp³-hybridized carbons (Fsp3) is 0.0833. The molecule has 16 heavy (non-hydrogen) atoms. The molecule has 0 atom stereocenters. The highest BCUT2D eigenvalue weighted by atomic mass is 19.1. The lowest BCUT2D eigenvalue weighted by Gasteiger charge is -2.05. The molecular weight excluding hydrogens is 207 g/mol. The van der Waals surface area contributed by atoms with Crippen molar-refractivity contribution in [3.63, 3.8) is 0 Å². The van der Waals surface area contributed by atoms with Crippen LogP contribution in [0.2, 0.25) is 0 Å². The molecular formula is C12H11FN2O. The molecule has 2 aromatic rings. The minimum absolute atomic E-state index is 0.340. The van der Waals surface area contributed by atoms with E-state index in [-0.39, 0.29) is 5.82 Å². The number of nitrogens with zero attached hydrogens (tertiary/aromatic N) is 1. The maximum absolute atomic E-state index is 12.9. The molecule has 1 aromatic carbocycles. The van der Waals surface area contributed by atoms with Crippen LogP contribution in [-0.2, 0) is 6.54 Å². The van der Waals surface area contributed by atoms with E-state index in [0.717, 1.165) is 5.69 Å². The quantitative estimate of drug-likeness (QED) is 0.860. The Kier molecular flexibility index (Phi) is 3.12. The Morgan fingerprint density at radius 3 is 2.75 bits per heavy atom. The lowest BCUT2D eigenvalue weighted by molar-refractivity contribution is 0.456. The molecule has 1 heterocycles. The predicted octanol–water partition coefficient (Wildman–Crippen LogP) is 2.47. The zero-order valence-corrected chi connectivity index (χ0v) is 8.56. The summed E-state index contributed by atoms with van der Waals surface area (Å²) in [5.41, 5.74) is 6.19. The van der Waals surface area contributed by atoms with Gasteiger partial charge in [-0.1, -0.05) is 12.1 Å². The topological polar surface area (TPSA) is 48.1 Å². The lowest BCUT2D eigenvalue weighted by atomic mass is 10.3. The van der Waals surface area contributed by atoms with Gasteiger partial charge in [0.15, 0.2) is 0 Å². The first-order valence-corrected chi connectivity index (χ1v) is 4.87. The average molecular weight is 218 g/mol. The van der Waals surface area contributed by atoms with E-state index in [1.165, 1.54) is 12.1 Å². The first-order valence-electron chi connectivity index (χ1n) is 4.87. The summed E-state index contributed by atoms with van der Waals surface area (Å²) in [5.74, 6) is 0.489. The molecule has 0 aliphatic rings. The third-order valence-corrected chi connectivity index (χ3v) is 2.01. The first kappa shape index (κ1) is 10.6. The highest BCUT2D eigenvalue weighted by Gasteiger charge is 2.00. The minimum Gasteiger partial charge on any atom is -0.439 e. The zero-order valence-electron chi connectivity index (χ0n) is 8.56. The third kappa shape index (κ3) is 2.55. The Labute approximate surface area is 92.7 Å². The van der Waals surface area contributed by atoms with Gasteiger partial charge in [0.1, 0.15) is 11.6 Å². The van der Waals surface area contributed by atoms with Gasteiger partial charge < -0.3 is 10.5 Å². The number of ether oxygens (including phenoxy) is 1. The van der Waals surface area contributed by atoms with E-state index in [9.17, 15) is 4.39 Å². The van der Waals surface area contributed by atoms with Crippen molar-refractivity contribution in [3.8, 4) is 11.6 Å². The van der Waals surface area contributed by atoms with E-state index in [4.69, 9.17) is 10.5 Å². The van der Waals surface area contributed by atoms with Crippen molar-refractivity contribution in [3.05, 3.63) is 54.0 Å². The van der Waals surface area contributed by atoms with Gasteiger partial charge in [0.2, 0.25) is 5.88 Å². The molecule has 2 N–H and O–H groups in total. The van der Waals surface area contributed by atoms with Crippen LogP contribution in [-0.4, -0.2) is 4.98 Å². The van der Waals surface area contributed by atoms with E-state index in [0.29, 0.717) is 18.2 Å². The summed E-state index contributed by atoms with van der Waals surface area (Å²) in [6.45, 7) is 0.348. The monoisotopic (exact) mass is 218 g/mol. The second-order valence-electron chi connectivity index (χ2n) is 3.23. The van der Waals surface area contributed by atoms with E-state index in [2.05, 4.69) is 4.98 Å². The molecule has 0 spiro atoms. The summed E-state index contributed by atoms with van der Waals surface area (Å²) >= 11 is 0. The smallest absolute Gasteiger partial charge is 0.219 e. The van der Waals surface area contributed by atoms with Crippen molar-refractivity contribution in [1.29, 1.82) is 0 Å². The van der Waals surface area contributed by atoms with Crippen LogP contribution in [0.15, 0.2) is 42.5 Å². The number of nitrogens with two attached hydrogens (primary N) is 1. The molecule has 0 aliphatic heterocycles. The van der Waals surface area contributed by atoms with Gasteiger partial charge in [-0.05, 0) is 18.2 Å². The Bertz CT molecular complexity index is 488. The molecule has 2 rings (SSSR count). The second-order valence-corrected chi connectivity index (χ2v) is 3.23. The molecule has 0 saturated carbocycles. The van der Waals surface area contributed by atoms with Gasteiger partial charge in [-0.15, -0.1) is 0 Å². The molecule has 0 radical (unpaired) electrons. The predicted molar refractivity (Wildman–Crippen MR) is 58.6 cm³/mol. The molecule has 3 nitrogen and oxygen atoms in total. The standard InChI is InChI=1S/C12H11FN2O/c13-9-3-1-5-11(7-9)16-12-6-2-4-10(8-14)15-12/h1-7H,8,14H2. The van der Waals surface area contributed by atoms with Crippen LogP contribution >= 0.6 is 0 Å². The summed E-state index contributed by atoms with van der Waals surface area (Å²) in [6, 6.07) is 11.2. The number of pyridine rings is 1. The summed E-state index contributed by atoms with van der Waals surface area (Å²) in [4.78, 5) is 4.15. The van der Waals surface area contributed by atoms with Crippen molar-refractivity contribution in [2.75, 3.05) is 0 Å². The lowest BCUT2D eigenvalue weighted by Crippen LogP contribution is -2.00. The number of rotatable bonds is 3. The molecule has 0 aliphatic carbocycles. The SMILES string of the molecule is NCc1cccc(Oc2cccc(F)c2)n1. The van der Waals surface area contributed by atoms with E-state index in [1.54, 1.807) is 30.3 Å². The van der Waals surface area contributed by atoms with Crippen molar-refractivity contribution in [1.82, 2.24) is 4.98 Å². The number of hydrogen-bond donors (Lipinski definition) is 1. The molecule has 1 aromatic heterocycles. The Hall–Kier alpha value is -1.94. The van der Waals surface area contributed by atoms with Crippen LogP contribution in [0.5, 0.6) is 11.6 Å². The summed E-state index contributed by atoms with van der Waals surface area (Å²) in [6.07, 6.45) is 0. The van der Waals surface area contributed by atoms with Crippen LogP contribution in [0.1, 0.15) is 5.69 Å². The third-order valence-electron chi connectivity index (χ3n) is 2.01. The van der Waals surface area contributed by atoms with Crippen molar-refractivity contribution < 1.29 is 9.13 Å². The Morgan fingerprint density at radius 1 is 1.19 bits per heavy atom. The maximum Gasteiger partial charge on any atom is 0.219 e. The van der Waals surface area contributed by atoms with Crippen LogP contribution in [0.25, 0.3) is 0 Å². The van der Waals surface area contributed by atoms with Crippen molar-refractivity contribution in [2.24, 2.45) is 5.73 Å². The molecule has 0 unspecified atom stereocenters. The molecule has 0 amide bonds. The van der Waals surface area contributed by atoms with Gasteiger partial charge in [0.05, 0.1) is 5.69 Å². The van der Waals surface area contributed by atoms with Gasteiger partial charge in [-0.2, -0.15) is 0 Å². The number of hydrogen-bond acceptors (Lipinski definition) is 3. The molecule has 4 heteroatoms. The highest BCUT2D eigenvalue weighted by Crippen LogP contribution is 2.19. The van der Waals surface area contributed by atoms with Gasteiger partial charge >= 0.3 is 0 Å². The highest BCUT2D eigenvalue weighted by molar-refractivity contribution is 5.28. The van der Waals surface area contributed by atoms with Crippen LogP contribution < -0.4 is 10.5 Å². The van der Waals surface area contributed by atoms with Crippen molar-refractivity contribution >= 4 is 0 Å². The fourth-order valence-corrected chi connectivity index (χ4v) is 1.28. The van der Waals surface area contributed by atoms with Gasteiger partial charge in [0, 0.05) is 18.7 Å². The average Bonchev–Trinajstić information content (AvgIpc) is 2.29. The van der Waals surface area contributed by atoms with E-state index >= 15 is 0 Å². The van der Waals surface area contributed by atoms with Gasteiger partial charge in [-0.3, -0.25) is 0 Å². The molecule has 82 valence electrons. The van der Waals surface area contributed by atoms with Crippen LogP contribution in [0.4, 0.5) is 4.39 Å². The normalized spacial score (nSPS) is 10.1. The molecule has 0 saturated heterocycles. The molecule has 0 fully saturated rings.